The largest absolute Gasteiger partial charge is 0.262 e. The van der Waals surface area contributed by atoms with E-state index < -0.39 is 0 Å². The van der Waals surface area contributed by atoms with Crippen LogP contribution in [0, 0.1) is 5.82 Å². The standard InChI is InChI=1S/C15H14FNS/c16-14-10-17-8-7-15(14)18-13-6-5-11-3-1-2-4-12(11)9-13/h1-4,7-8,10,13H,5-6,9H2. The maximum atomic E-state index is 13.6. The first-order valence-electron chi connectivity index (χ1n) is 6.16. The second kappa shape index (κ2) is 5.11. The molecule has 0 spiro atoms. The molecule has 1 aromatic carbocycles. The quantitative estimate of drug-likeness (QED) is 0.812. The molecule has 0 N–H and O–H groups in total. The minimum absolute atomic E-state index is 0.207. The fourth-order valence-corrected chi connectivity index (χ4v) is 3.56. The molecule has 1 aliphatic rings. The molecule has 3 heteroatoms. The summed E-state index contributed by atoms with van der Waals surface area (Å²) in [7, 11) is 0. The number of thioether (sulfide) groups is 1. The highest BCUT2D eigenvalue weighted by Gasteiger charge is 2.20. The van der Waals surface area contributed by atoms with Gasteiger partial charge in [-0.2, -0.15) is 0 Å². The lowest BCUT2D eigenvalue weighted by Gasteiger charge is -2.24. The summed E-state index contributed by atoms with van der Waals surface area (Å²) in [6.07, 6.45) is 6.19. The molecule has 1 aromatic heterocycles. The van der Waals surface area contributed by atoms with E-state index in [2.05, 4.69) is 29.2 Å². The number of pyridine rings is 1. The Bertz CT molecular complexity index is 556. The first-order valence-corrected chi connectivity index (χ1v) is 7.04. The molecule has 3 rings (SSSR count). The summed E-state index contributed by atoms with van der Waals surface area (Å²) < 4.78 is 13.6. The maximum Gasteiger partial charge on any atom is 0.155 e. The average molecular weight is 259 g/mol. The van der Waals surface area contributed by atoms with Crippen LogP contribution in [0.5, 0.6) is 0 Å². The number of aromatic nitrogens is 1. The van der Waals surface area contributed by atoms with Gasteiger partial charge in [-0.1, -0.05) is 24.3 Å². The SMILES string of the molecule is Fc1cnccc1SC1CCc2ccccc2C1. The van der Waals surface area contributed by atoms with Crippen LogP contribution in [0.4, 0.5) is 4.39 Å². The molecule has 0 aliphatic heterocycles. The number of hydrogen-bond donors (Lipinski definition) is 0. The van der Waals surface area contributed by atoms with Crippen molar-refractivity contribution in [1.82, 2.24) is 4.98 Å². The van der Waals surface area contributed by atoms with Crippen molar-refractivity contribution >= 4 is 11.8 Å². The van der Waals surface area contributed by atoms with Gasteiger partial charge in [0.05, 0.1) is 6.20 Å². The molecule has 1 nitrogen and oxygen atoms in total. The molecule has 0 saturated heterocycles. The number of rotatable bonds is 2. The third kappa shape index (κ3) is 2.41. The number of fused-ring (bicyclic) bond motifs is 1. The second-order valence-corrected chi connectivity index (χ2v) is 5.90. The predicted octanol–water partition coefficient (Wildman–Crippen LogP) is 3.87. The number of aryl methyl sites for hydroxylation is 1. The molecule has 0 amide bonds. The molecular formula is C15H14FNS. The average Bonchev–Trinajstić information content (AvgIpc) is 2.41. The zero-order valence-corrected chi connectivity index (χ0v) is 10.8. The van der Waals surface area contributed by atoms with Crippen LogP contribution in [-0.4, -0.2) is 10.2 Å². The Kier molecular flexibility index (Phi) is 3.33. The molecule has 1 unspecified atom stereocenters. The summed E-state index contributed by atoms with van der Waals surface area (Å²) in [5.41, 5.74) is 2.86. The Morgan fingerprint density at radius 3 is 2.83 bits per heavy atom. The fourth-order valence-electron chi connectivity index (χ4n) is 2.40. The molecule has 1 heterocycles. The third-order valence-corrected chi connectivity index (χ3v) is 4.65. The van der Waals surface area contributed by atoms with E-state index in [4.69, 9.17) is 0 Å². The molecule has 0 bridgehead atoms. The Morgan fingerprint density at radius 1 is 1.17 bits per heavy atom. The lowest BCUT2D eigenvalue weighted by atomic mass is 9.92. The van der Waals surface area contributed by atoms with Crippen LogP contribution in [0.25, 0.3) is 0 Å². The van der Waals surface area contributed by atoms with Gasteiger partial charge >= 0.3 is 0 Å². The summed E-state index contributed by atoms with van der Waals surface area (Å²) in [5, 5.41) is 0.469. The van der Waals surface area contributed by atoms with E-state index in [1.807, 2.05) is 0 Å². The molecule has 1 atom stereocenters. The highest BCUT2D eigenvalue weighted by atomic mass is 32.2. The van der Waals surface area contributed by atoms with Gasteiger partial charge in [-0.05, 0) is 36.5 Å². The first kappa shape index (κ1) is 11.7. The minimum Gasteiger partial charge on any atom is -0.262 e. The maximum absolute atomic E-state index is 13.6. The van der Waals surface area contributed by atoms with Crippen LogP contribution >= 0.6 is 11.8 Å². The molecular weight excluding hydrogens is 245 g/mol. The van der Waals surface area contributed by atoms with E-state index >= 15 is 0 Å². The molecule has 0 saturated carbocycles. The zero-order valence-electron chi connectivity index (χ0n) is 9.97. The van der Waals surface area contributed by atoms with E-state index in [0.717, 1.165) is 24.2 Å². The zero-order chi connectivity index (χ0) is 12.4. The van der Waals surface area contributed by atoms with Gasteiger partial charge in [-0.15, -0.1) is 11.8 Å². The topological polar surface area (TPSA) is 12.9 Å². The summed E-state index contributed by atoms with van der Waals surface area (Å²) in [6.45, 7) is 0. The lowest BCUT2D eigenvalue weighted by Crippen LogP contribution is -2.16. The monoisotopic (exact) mass is 259 g/mol. The Hall–Kier alpha value is -1.35. The highest BCUT2D eigenvalue weighted by molar-refractivity contribution is 8.00. The molecule has 18 heavy (non-hydrogen) atoms. The normalized spacial score (nSPS) is 18.4. The van der Waals surface area contributed by atoms with Gasteiger partial charge in [0.15, 0.2) is 5.82 Å². The fraction of sp³-hybridized carbons (Fsp3) is 0.267. The van der Waals surface area contributed by atoms with Crippen LogP contribution in [0.15, 0.2) is 47.6 Å². The summed E-state index contributed by atoms with van der Waals surface area (Å²) in [5.74, 6) is -0.207. The van der Waals surface area contributed by atoms with Crippen molar-refractivity contribution < 1.29 is 4.39 Å². The Morgan fingerprint density at radius 2 is 2.00 bits per heavy atom. The third-order valence-electron chi connectivity index (χ3n) is 3.33. The van der Waals surface area contributed by atoms with Crippen LogP contribution in [0.2, 0.25) is 0 Å². The van der Waals surface area contributed by atoms with Crippen molar-refractivity contribution in [1.29, 1.82) is 0 Å². The number of hydrogen-bond acceptors (Lipinski definition) is 2. The van der Waals surface area contributed by atoms with Crippen molar-refractivity contribution in [2.45, 2.75) is 29.4 Å². The number of nitrogens with zero attached hydrogens (tertiary/aromatic N) is 1. The van der Waals surface area contributed by atoms with Crippen LogP contribution in [0.3, 0.4) is 0 Å². The van der Waals surface area contributed by atoms with Crippen molar-refractivity contribution in [3.8, 4) is 0 Å². The smallest absolute Gasteiger partial charge is 0.155 e. The Labute approximate surface area is 110 Å². The van der Waals surface area contributed by atoms with Crippen molar-refractivity contribution in [3.63, 3.8) is 0 Å². The van der Waals surface area contributed by atoms with Crippen LogP contribution in [0.1, 0.15) is 17.5 Å². The van der Waals surface area contributed by atoms with Gasteiger partial charge in [-0.3, -0.25) is 4.98 Å². The van der Waals surface area contributed by atoms with Gasteiger partial charge in [0.1, 0.15) is 0 Å². The summed E-state index contributed by atoms with van der Waals surface area (Å²) in [4.78, 5) is 4.50. The van der Waals surface area contributed by atoms with Crippen molar-refractivity contribution in [2.24, 2.45) is 0 Å². The van der Waals surface area contributed by atoms with E-state index in [1.54, 1.807) is 24.0 Å². The lowest BCUT2D eigenvalue weighted by molar-refractivity contribution is 0.593. The number of halogens is 1. The first-order chi connectivity index (χ1) is 8.83. The molecule has 2 aromatic rings. The van der Waals surface area contributed by atoms with E-state index in [-0.39, 0.29) is 5.82 Å². The highest BCUT2D eigenvalue weighted by Crippen LogP contribution is 2.34. The van der Waals surface area contributed by atoms with Crippen LogP contribution < -0.4 is 0 Å². The van der Waals surface area contributed by atoms with E-state index in [9.17, 15) is 4.39 Å². The molecule has 0 fully saturated rings. The predicted molar refractivity (Wildman–Crippen MR) is 72.3 cm³/mol. The minimum atomic E-state index is -0.207. The number of benzene rings is 1. The Balaban J connectivity index is 1.75. The van der Waals surface area contributed by atoms with Gasteiger partial charge in [-0.25, -0.2) is 4.39 Å². The van der Waals surface area contributed by atoms with Gasteiger partial charge in [0.2, 0.25) is 0 Å². The molecule has 0 radical (unpaired) electrons. The molecule has 1 aliphatic carbocycles. The van der Waals surface area contributed by atoms with Gasteiger partial charge in [0.25, 0.3) is 0 Å². The van der Waals surface area contributed by atoms with Crippen molar-refractivity contribution in [3.05, 3.63) is 59.7 Å². The van der Waals surface area contributed by atoms with Gasteiger partial charge in [0, 0.05) is 16.3 Å². The summed E-state index contributed by atoms with van der Waals surface area (Å²) >= 11 is 1.64. The summed E-state index contributed by atoms with van der Waals surface area (Å²) in [6, 6.07) is 10.3. The van der Waals surface area contributed by atoms with Crippen molar-refractivity contribution in [2.75, 3.05) is 0 Å². The van der Waals surface area contributed by atoms with Gasteiger partial charge < -0.3 is 0 Å². The molecule has 92 valence electrons. The van der Waals surface area contributed by atoms with E-state index in [1.165, 1.54) is 17.3 Å². The van der Waals surface area contributed by atoms with E-state index in [0.29, 0.717) is 5.25 Å². The second-order valence-electron chi connectivity index (χ2n) is 4.56. The van der Waals surface area contributed by atoms with Crippen LogP contribution in [-0.2, 0) is 12.8 Å².